The van der Waals surface area contributed by atoms with Crippen LogP contribution >= 0.6 is 0 Å². The molecule has 0 saturated carbocycles. The molecule has 1 fully saturated rings. The Morgan fingerprint density at radius 3 is 2.89 bits per heavy atom. The molecule has 0 radical (unpaired) electrons. The van der Waals surface area contributed by atoms with Crippen molar-refractivity contribution in [3.63, 3.8) is 0 Å². The molecular weight excluding hydrogens is 354 g/mol. The second kappa shape index (κ2) is 8.16. The number of hydrogen-bond acceptors (Lipinski definition) is 6. The third kappa shape index (κ3) is 3.55. The van der Waals surface area contributed by atoms with Crippen molar-refractivity contribution in [1.29, 1.82) is 0 Å². The molecule has 3 heterocycles. The molecule has 7 nitrogen and oxygen atoms in total. The largest absolute Gasteiger partial charge is 0.497 e. The summed E-state index contributed by atoms with van der Waals surface area (Å²) >= 11 is 0. The molecule has 1 aliphatic rings. The second-order valence-corrected chi connectivity index (χ2v) is 7.17. The van der Waals surface area contributed by atoms with Crippen molar-refractivity contribution in [1.82, 2.24) is 19.7 Å². The van der Waals surface area contributed by atoms with Crippen LogP contribution in [0.4, 0.5) is 0 Å². The van der Waals surface area contributed by atoms with E-state index in [0.717, 1.165) is 59.8 Å². The van der Waals surface area contributed by atoms with Gasteiger partial charge in [0, 0.05) is 42.7 Å². The lowest BCUT2D eigenvalue weighted by atomic mass is 10.0. The molecule has 0 spiro atoms. The lowest BCUT2D eigenvalue weighted by molar-refractivity contribution is 0.315. The first kappa shape index (κ1) is 18.7. The van der Waals surface area contributed by atoms with Gasteiger partial charge in [-0.2, -0.15) is 5.10 Å². The number of benzene rings is 1. The molecule has 0 bridgehead atoms. The Labute approximate surface area is 165 Å². The molecule has 1 unspecified atom stereocenters. The minimum atomic E-state index is 0.391. The Balaban J connectivity index is 1.55. The monoisotopic (exact) mass is 381 g/mol. The van der Waals surface area contributed by atoms with Gasteiger partial charge in [-0.15, -0.1) is 0 Å². The van der Waals surface area contributed by atoms with Crippen molar-refractivity contribution < 1.29 is 9.47 Å². The summed E-state index contributed by atoms with van der Waals surface area (Å²) in [5.41, 5.74) is 8.96. The van der Waals surface area contributed by atoms with Gasteiger partial charge in [0.15, 0.2) is 5.65 Å². The highest BCUT2D eigenvalue weighted by Gasteiger charge is 2.28. The molecule has 1 aliphatic heterocycles. The molecule has 2 aromatic heterocycles. The van der Waals surface area contributed by atoms with Crippen LogP contribution in [-0.4, -0.2) is 53.5 Å². The van der Waals surface area contributed by atoms with Gasteiger partial charge >= 0.3 is 0 Å². The molecule has 28 heavy (non-hydrogen) atoms. The number of hydrogen-bond donors (Lipinski definition) is 1. The fourth-order valence-electron chi connectivity index (χ4n) is 4.06. The zero-order valence-corrected chi connectivity index (χ0v) is 16.5. The van der Waals surface area contributed by atoms with Crippen LogP contribution in [0.3, 0.4) is 0 Å². The Hall–Kier alpha value is -2.64. The van der Waals surface area contributed by atoms with Crippen molar-refractivity contribution in [3.8, 4) is 11.5 Å². The highest BCUT2D eigenvalue weighted by molar-refractivity contribution is 5.78. The van der Waals surface area contributed by atoms with Crippen LogP contribution in [0, 0.1) is 0 Å². The van der Waals surface area contributed by atoms with Gasteiger partial charge in [0.2, 0.25) is 0 Å². The molecule has 2 N–H and O–H groups in total. The smallest absolute Gasteiger partial charge is 0.158 e. The number of pyridine rings is 1. The van der Waals surface area contributed by atoms with E-state index in [1.165, 1.54) is 0 Å². The van der Waals surface area contributed by atoms with Crippen molar-refractivity contribution in [2.45, 2.75) is 25.4 Å². The number of methoxy groups -OCH3 is 2. The molecule has 3 aromatic rings. The summed E-state index contributed by atoms with van der Waals surface area (Å²) in [4.78, 5) is 6.97. The summed E-state index contributed by atoms with van der Waals surface area (Å²) in [6.45, 7) is 4.06. The van der Waals surface area contributed by atoms with Crippen LogP contribution in [0.1, 0.15) is 23.6 Å². The highest BCUT2D eigenvalue weighted by atomic mass is 16.5. The van der Waals surface area contributed by atoms with E-state index in [9.17, 15) is 0 Å². The van der Waals surface area contributed by atoms with E-state index in [2.05, 4.69) is 22.0 Å². The quantitative estimate of drug-likeness (QED) is 0.677. The fourth-order valence-corrected chi connectivity index (χ4v) is 4.06. The first-order valence-corrected chi connectivity index (χ1v) is 9.68. The van der Waals surface area contributed by atoms with E-state index in [1.807, 2.05) is 29.1 Å². The molecule has 1 saturated heterocycles. The highest BCUT2D eigenvalue weighted by Crippen LogP contribution is 2.33. The van der Waals surface area contributed by atoms with Gasteiger partial charge in [-0.25, -0.2) is 9.67 Å². The van der Waals surface area contributed by atoms with E-state index >= 15 is 0 Å². The third-order valence-corrected chi connectivity index (χ3v) is 5.42. The zero-order chi connectivity index (χ0) is 19.5. The topological polar surface area (TPSA) is 78.4 Å². The van der Waals surface area contributed by atoms with E-state index in [1.54, 1.807) is 14.2 Å². The van der Waals surface area contributed by atoms with Crippen LogP contribution in [0.25, 0.3) is 11.0 Å². The normalized spacial score (nSPS) is 17.3. The van der Waals surface area contributed by atoms with Crippen molar-refractivity contribution in [3.05, 3.63) is 47.8 Å². The lowest BCUT2D eigenvalue weighted by Gasteiger charge is -2.18. The number of nitrogens with two attached hydrogens (primary N) is 1. The third-order valence-electron chi connectivity index (χ3n) is 5.42. The van der Waals surface area contributed by atoms with Crippen LogP contribution in [0.5, 0.6) is 11.5 Å². The maximum atomic E-state index is 5.75. The number of likely N-dealkylation sites (tertiary alicyclic amines) is 1. The predicted molar refractivity (Wildman–Crippen MR) is 109 cm³/mol. The molecule has 7 heteroatoms. The standard InChI is InChI=1S/C21H27N5O2/c1-27-17-5-6-19(28-2)16(12-17)14-25-10-7-15(13-25)20-18-4-3-9-23-21(18)26(24-20)11-8-22/h3-6,9,12,15H,7-8,10-11,13-14,22H2,1-2H3. The van der Waals surface area contributed by atoms with Gasteiger partial charge in [-0.1, -0.05) is 0 Å². The Bertz CT molecular complexity index is 955. The first-order chi connectivity index (χ1) is 13.7. The summed E-state index contributed by atoms with van der Waals surface area (Å²) in [6, 6.07) is 10.1. The van der Waals surface area contributed by atoms with Gasteiger partial charge in [0.25, 0.3) is 0 Å². The van der Waals surface area contributed by atoms with E-state index in [-0.39, 0.29) is 0 Å². The Morgan fingerprint density at radius 1 is 1.21 bits per heavy atom. The number of aromatic nitrogens is 3. The van der Waals surface area contributed by atoms with Gasteiger partial charge < -0.3 is 15.2 Å². The van der Waals surface area contributed by atoms with Crippen molar-refractivity contribution in [2.24, 2.45) is 5.73 Å². The van der Waals surface area contributed by atoms with Crippen LogP contribution in [0.2, 0.25) is 0 Å². The zero-order valence-electron chi connectivity index (χ0n) is 16.5. The van der Waals surface area contributed by atoms with E-state index in [4.69, 9.17) is 20.3 Å². The maximum absolute atomic E-state index is 5.75. The average molecular weight is 381 g/mol. The van der Waals surface area contributed by atoms with E-state index < -0.39 is 0 Å². The minimum Gasteiger partial charge on any atom is -0.497 e. The van der Waals surface area contributed by atoms with Crippen LogP contribution in [-0.2, 0) is 13.1 Å². The van der Waals surface area contributed by atoms with Crippen LogP contribution < -0.4 is 15.2 Å². The molecule has 1 atom stereocenters. The predicted octanol–water partition coefficient (Wildman–Crippen LogP) is 2.40. The maximum Gasteiger partial charge on any atom is 0.158 e. The van der Waals surface area contributed by atoms with Gasteiger partial charge in [-0.05, 0) is 43.3 Å². The van der Waals surface area contributed by atoms with E-state index in [0.29, 0.717) is 19.0 Å². The fraction of sp³-hybridized carbons (Fsp3) is 0.429. The van der Waals surface area contributed by atoms with Gasteiger partial charge in [0.1, 0.15) is 11.5 Å². The van der Waals surface area contributed by atoms with Crippen LogP contribution in [0.15, 0.2) is 36.5 Å². The molecule has 1 aromatic carbocycles. The molecule has 4 rings (SSSR count). The number of fused-ring (bicyclic) bond motifs is 1. The number of ether oxygens (including phenoxy) is 2. The number of nitrogens with zero attached hydrogens (tertiary/aromatic N) is 4. The molecule has 148 valence electrons. The SMILES string of the molecule is COc1ccc(OC)c(CN2CCC(c3nn(CCN)c4ncccc34)C2)c1. The molecule has 0 aliphatic carbocycles. The summed E-state index contributed by atoms with van der Waals surface area (Å²) in [6.07, 6.45) is 2.90. The lowest BCUT2D eigenvalue weighted by Crippen LogP contribution is -2.20. The molecular formula is C21H27N5O2. The molecule has 0 amide bonds. The van der Waals surface area contributed by atoms with Crippen molar-refractivity contribution in [2.75, 3.05) is 33.9 Å². The summed E-state index contributed by atoms with van der Waals surface area (Å²) < 4.78 is 12.9. The second-order valence-electron chi connectivity index (χ2n) is 7.17. The van der Waals surface area contributed by atoms with Crippen molar-refractivity contribution >= 4 is 11.0 Å². The summed E-state index contributed by atoms with van der Waals surface area (Å²) in [5.74, 6) is 2.14. The van der Waals surface area contributed by atoms with Gasteiger partial charge in [0.05, 0.1) is 26.5 Å². The van der Waals surface area contributed by atoms with Gasteiger partial charge in [-0.3, -0.25) is 4.90 Å². The first-order valence-electron chi connectivity index (χ1n) is 9.68. The average Bonchev–Trinajstić information content (AvgIpc) is 3.33. The Morgan fingerprint density at radius 2 is 2.11 bits per heavy atom. The number of rotatable bonds is 7. The minimum absolute atomic E-state index is 0.391. The Kier molecular flexibility index (Phi) is 5.45. The summed E-state index contributed by atoms with van der Waals surface area (Å²) in [5, 5.41) is 6.01. The summed E-state index contributed by atoms with van der Waals surface area (Å²) in [7, 11) is 3.40.